The van der Waals surface area contributed by atoms with Crippen LogP contribution in [-0.2, 0) is 0 Å². The summed E-state index contributed by atoms with van der Waals surface area (Å²) < 4.78 is 0. The second kappa shape index (κ2) is 2.98. The predicted octanol–water partition coefficient (Wildman–Crippen LogP) is 2.65. The Morgan fingerprint density at radius 2 is 2.00 bits per heavy atom. The average Bonchev–Trinajstić information content (AvgIpc) is 2.08. The molecule has 0 aliphatic heterocycles. The van der Waals surface area contributed by atoms with E-state index in [2.05, 4.69) is 20.8 Å². The van der Waals surface area contributed by atoms with Gasteiger partial charge < -0.3 is 5.73 Å². The van der Waals surface area contributed by atoms with Gasteiger partial charge in [-0.1, -0.05) is 20.8 Å². The van der Waals surface area contributed by atoms with E-state index < -0.39 is 0 Å². The second-order valence-electron chi connectivity index (χ2n) is 5.79. The molecule has 2 bridgehead atoms. The fourth-order valence-corrected chi connectivity index (χ4v) is 3.85. The van der Waals surface area contributed by atoms with E-state index in [0.717, 1.165) is 30.2 Å². The zero-order valence-corrected chi connectivity index (χ0v) is 9.22. The van der Waals surface area contributed by atoms with Gasteiger partial charge in [0.2, 0.25) is 0 Å². The summed E-state index contributed by atoms with van der Waals surface area (Å²) in [5.74, 6) is 3.85. The summed E-state index contributed by atoms with van der Waals surface area (Å²) >= 11 is 0. The van der Waals surface area contributed by atoms with Gasteiger partial charge in [-0.15, -0.1) is 0 Å². The molecule has 3 fully saturated rings. The van der Waals surface area contributed by atoms with E-state index in [1.54, 1.807) is 0 Å². The van der Waals surface area contributed by atoms with Gasteiger partial charge in [0.25, 0.3) is 0 Å². The van der Waals surface area contributed by atoms with E-state index in [-0.39, 0.29) is 0 Å². The van der Waals surface area contributed by atoms with E-state index in [9.17, 15) is 0 Å². The van der Waals surface area contributed by atoms with Crippen LogP contribution in [0.25, 0.3) is 0 Å². The minimum absolute atomic E-state index is 0.643. The first-order chi connectivity index (χ1) is 6.07. The molecule has 76 valence electrons. The minimum atomic E-state index is 0.643. The molecule has 0 saturated heterocycles. The molecule has 2 N–H and O–H groups in total. The van der Waals surface area contributed by atoms with Gasteiger partial charge in [-0.3, -0.25) is 0 Å². The van der Waals surface area contributed by atoms with Crippen molar-refractivity contribution in [1.29, 1.82) is 0 Å². The lowest BCUT2D eigenvalue weighted by atomic mass is 9.43. The summed E-state index contributed by atoms with van der Waals surface area (Å²) in [4.78, 5) is 0. The normalized spacial score (nSPS) is 47.1. The van der Waals surface area contributed by atoms with Gasteiger partial charge in [0, 0.05) is 0 Å². The zero-order chi connectivity index (χ0) is 9.64. The van der Waals surface area contributed by atoms with Crippen molar-refractivity contribution < 1.29 is 0 Å². The van der Waals surface area contributed by atoms with Crippen LogP contribution in [0.5, 0.6) is 0 Å². The number of fused-ring (bicyclic) bond motifs is 2. The third-order valence-electron chi connectivity index (χ3n) is 5.05. The van der Waals surface area contributed by atoms with Gasteiger partial charge in [0.1, 0.15) is 0 Å². The Kier molecular flexibility index (Phi) is 2.18. The summed E-state index contributed by atoms with van der Waals surface area (Å²) in [7, 11) is 0. The van der Waals surface area contributed by atoms with Gasteiger partial charge in [-0.2, -0.15) is 0 Å². The highest BCUT2D eigenvalue weighted by atomic mass is 14.6. The van der Waals surface area contributed by atoms with Gasteiger partial charge in [-0.05, 0) is 54.9 Å². The fourth-order valence-electron chi connectivity index (χ4n) is 3.85. The topological polar surface area (TPSA) is 26.0 Å². The Bertz CT molecular complexity index is 197. The molecule has 1 heteroatoms. The Hall–Kier alpha value is -0.0400. The molecule has 13 heavy (non-hydrogen) atoms. The molecular weight excluding hydrogens is 158 g/mol. The van der Waals surface area contributed by atoms with Crippen molar-refractivity contribution in [1.82, 2.24) is 0 Å². The van der Waals surface area contributed by atoms with Gasteiger partial charge in [-0.25, -0.2) is 0 Å². The van der Waals surface area contributed by atoms with Crippen LogP contribution in [0.2, 0.25) is 0 Å². The molecular formula is C12H23N. The summed E-state index contributed by atoms with van der Waals surface area (Å²) in [5, 5.41) is 0. The highest BCUT2D eigenvalue weighted by Crippen LogP contribution is 2.63. The standard InChI is InChI=1S/C12H23N/c1-8-9(4-5-13)6-10-7-11(8)12(10,2)3/h8-11H,4-7,13H2,1-3H3. The lowest BCUT2D eigenvalue weighted by molar-refractivity contribution is -0.129. The molecule has 4 unspecified atom stereocenters. The van der Waals surface area contributed by atoms with E-state index in [0.29, 0.717) is 5.41 Å². The van der Waals surface area contributed by atoms with Crippen molar-refractivity contribution in [2.45, 2.75) is 40.0 Å². The van der Waals surface area contributed by atoms with Crippen molar-refractivity contribution in [3.05, 3.63) is 0 Å². The maximum absolute atomic E-state index is 5.65. The molecule has 4 atom stereocenters. The fraction of sp³-hybridized carbons (Fsp3) is 1.00. The van der Waals surface area contributed by atoms with Crippen LogP contribution in [0.1, 0.15) is 40.0 Å². The largest absolute Gasteiger partial charge is 0.330 e. The van der Waals surface area contributed by atoms with E-state index in [1.165, 1.54) is 19.3 Å². The van der Waals surface area contributed by atoms with Crippen LogP contribution in [0.4, 0.5) is 0 Å². The zero-order valence-electron chi connectivity index (χ0n) is 9.22. The van der Waals surface area contributed by atoms with E-state index in [1.807, 2.05) is 0 Å². The Morgan fingerprint density at radius 1 is 1.31 bits per heavy atom. The Balaban J connectivity index is 2.03. The molecule has 0 radical (unpaired) electrons. The molecule has 3 aliphatic carbocycles. The van der Waals surface area contributed by atoms with Crippen molar-refractivity contribution in [2.24, 2.45) is 34.8 Å². The SMILES string of the molecule is CC1C(CCN)CC2CC1C2(C)C. The molecule has 0 aromatic carbocycles. The highest BCUT2D eigenvalue weighted by Gasteiger charge is 2.55. The minimum Gasteiger partial charge on any atom is -0.330 e. The number of hydrogen-bond donors (Lipinski definition) is 1. The van der Waals surface area contributed by atoms with Crippen LogP contribution >= 0.6 is 0 Å². The molecule has 3 rings (SSSR count). The lowest BCUT2D eigenvalue weighted by Gasteiger charge is -2.62. The first kappa shape index (κ1) is 9.51. The predicted molar refractivity (Wildman–Crippen MR) is 56.3 cm³/mol. The third-order valence-corrected chi connectivity index (χ3v) is 5.05. The molecule has 0 heterocycles. The maximum Gasteiger partial charge on any atom is -0.00745 e. The van der Waals surface area contributed by atoms with Crippen molar-refractivity contribution in [2.75, 3.05) is 6.54 Å². The van der Waals surface area contributed by atoms with Crippen LogP contribution in [0.15, 0.2) is 0 Å². The quantitative estimate of drug-likeness (QED) is 0.696. The van der Waals surface area contributed by atoms with E-state index in [4.69, 9.17) is 5.73 Å². The van der Waals surface area contributed by atoms with Crippen molar-refractivity contribution in [3.8, 4) is 0 Å². The summed E-state index contributed by atoms with van der Waals surface area (Å²) in [5.41, 5.74) is 6.29. The molecule has 0 aromatic rings. The smallest absolute Gasteiger partial charge is 0.00745 e. The molecule has 3 aliphatic rings. The van der Waals surface area contributed by atoms with Crippen LogP contribution in [0.3, 0.4) is 0 Å². The van der Waals surface area contributed by atoms with Gasteiger partial charge in [0.05, 0.1) is 0 Å². The first-order valence-electron chi connectivity index (χ1n) is 5.77. The van der Waals surface area contributed by atoms with Gasteiger partial charge >= 0.3 is 0 Å². The molecule has 0 aromatic heterocycles. The molecule has 3 saturated carbocycles. The molecule has 0 spiro atoms. The van der Waals surface area contributed by atoms with Crippen LogP contribution < -0.4 is 5.73 Å². The number of nitrogens with two attached hydrogens (primary N) is 1. The summed E-state index contributed by atoms with van der Waals surface area (Å²) in [6, 6.07) is 0. The Morgan fingerprint density at radius 3 is 2.46 bits per heavy atom. The molecule has 0 amide bonds. The van der Waals surface area contributed by atoms with Gasteiger partial charge in [0.15, 0.2) is 0 Å². The number of hydrogen-bond acceptors (Lipinski definition) is 1. The third kappa shape index (κ3) is 1.24. The van der Waals surface area contributed by atoms with Crippen molar-refractivity contribution in [3.63, 3.8) is 0 Å². The van der Waals surface area contributed by atoms with Crippen LogP contribution in [-0.4, -0.2) is 6.54 Å². The first-order valence-corrected chi connectivity index (χ1v) is 5.77. The highest BCUT2D eigenvalue weighted by molar-refractivity contribution is 5.04. The second-order valence-corrected chi connectivity index (χ2v) is 5.79. The monoisotopic (exact) mass is 181 g/mol. The van der Waals surface area contributed by atoms with Crippen LogP contribution in [0, 0.1) is 29.1 Å². The summed E-state index contributed by atoms with van der Waals surface area (Å²) in [6.07, 6.45) is 4.20. The van der Waals surface area contributed by atoms with E-state index >= 15 is 0 Å². The maximum atomic E-state index is 5.65. The summed E-state index contributed by atoms with van der Waals surface area (Å²) in [6.45, 7) is 8.25. The lowest BCUT2D eigenvalue weighted by Crippen LogP contribution is -2.55. The van der Waals surface area contributed by atoms with Crippen molar-refractivity contribution >= 4 is 0 Å². The average molecular weight is 181 g/mol. The number of rotatable bonds is 2. The Labute approximate surface area is 82.1 Å². The molecule has 1 nitrogen and oxygen atoms in total.